The Morgan fingerprint density at radius 3 is 3.08 bits per heavy atom. The van der Waals surface area contributed by atoms with Crippen molar-refractivity contribution in [3.8, 4) is 5.75 Å². The summed E-state index contributed by atoms with van der Waals surface area (Å²) in [5.41, 5.74) is 1.94. The molecule has 1 N–H and O–H groups in total. The number of rotatable bonds is 4. The average Bonchev–Trinajstić information content (AvgIpc) is 3.24. The molecule has 134 valence electrons. The maximum absolute atomic E-state index is 12.5. The van der Waals surface area contributed by atoms with Crippen LogP contribution in [0.4, 0.5) is 0 Å². The number of aromatic amines is 1. The summed E-state index contributed by atoms with van der Waals surface area (Å²) in [6.07, 6.45) is 3.70. The maximum Gasteiger partial charge on any atom is 0.328 e. The summed E-state index contributed by atoms with van der Waals surface area (Å²) < 4.78 is 7.26. The monoisotopic (exact) mass is 353 g/mol. The van der Waals surface area contributed by atoms with Crippen LogP contribution in [0.15, 0.2) is 41.6 Å². The summed E-state index contributed by atoms with van der Waals surface area (Å²) >= 11 is 0. The molecule has 0 saturated carbocycles. The predicted molar refractivity (Wildman–Crippen MR) is 95.1 cm³/mol. The van der Waals surface area contributed by atoms with E-state index in [1.54, 1.807) is 15.7 Å². The van der Waals surface area contributed by atoms with Crippen molar-refractivity contribution in [2.24, 2.45) is 0 Å². The van der Waals surface area contributed by atoms with Crippen molar-refractivity contribution in [1.29, 1.82) is 0 Å². The van der Waals surface area contributed by atoms with Crippen molar-refractivity contribution in [1.82, 2.24) is 24.4 Å². The van der Waals surface area contributed by atoms with Crippen LogP contribution in [0, 0.1) is 6.92 Å². The second kappa shape index (κ2) is 6.62. The molecule has 1 amide bonds. The zero-order chi connectivity index (χ0) is 18.1. The van der Waals surface area contributed by atoms with E-state index in [9.17, 15) is 9.59 Å². The van der Waals surface area contributed by atoms with Crippen LogP contribution >= 0.6 is 0 Å². The standard InChI is InChI=1S/C18H19N5O3/c1-12-4-2-3-5-15(12)26-10-16(24)22-7-6-13(9-22)23-17-14(21-18(23)25)8-19-11-20-17/h2-5,8,11,13H,6-7,9-10H2,1H3,(H,21,25)/t13-/m1/s1. The van der Waals surface area contributed by atoms with Crippen molar-refractivity contribution in [3.05, 3.63) is 52.8 Å². The molecule has 4 rings (SSSR count). The molecule has 1 fully saturated rings. The van der Waals surface area contributed by atoms with E-state index >= 15 is 0 Å². The zero-order valence-electron chi connectivity index (χ0n) is 14.4. The number of para-hydroxylation sites is 1. The van der Waals surface area contributed by atoms with Crippen molar-refractivity contribution in [2.75, 3.05) is 19.7 Å². The molecule has 0 bridgehead atoms. The lowest BCUT2D eigenvalue weighted by Crippen LogP contribution is -2.34. The van der Waals surface area contributed by atoms with Crippen LogP contribution in [0.2, 0.25) is 0 Å². The molecule has 1 aliphatic rings. The number of hydrogen-bond donors (Lipinski definition) is 1. The first kappa shape index (κ1) is 16.3. The van der Waals surface area contributed by atoms with Gasteiger partial charge in [-0.3, -0.25) is 9.36 Å². The highest BCUT2D eigenvalue weighted by molar-refractivity contribution is 5.78. The third-order valence-electron chi connectivity index (χ3n) is 4.71. The maximum atomic E-state index is 12.5. The molecule has 8 nitrogen and oxygen atoms in total. The van der Waals surface area contributed by atoms with Crippen LogP contribution in [0.1, 0.15) is 18.0 Å². The Morgan fingerprint density at radius 2 is 2.23 bits per heavy atom. The summed E-state index contributed by atoms with van der Waals surface area (Å²) in [5.74, 6) is 0.624. The molecule has 0 radical (unpaired) electrons. The fourth-order valence-corrected chi connectivity index (χ4v) is 3.34. The molecule has 0 spiro atoms. The van der Waals surface area contributed by atoms with Gasteiger partial charge >= 0.3 is 5.69 Å². The van der Waals surface area contributed by atoms with Gasteiger partial charge < -0.3 is 14.6 Å². The first-order valence-electron chi connectivity index (χ1n) is 8.50. The molecule has 8 heteroatoms. The average molecular weight is 353 g/mol. The first-order valence-corrected chi connectivity index (χ1v) is 8.50. The summed E-state index contributed by atoms with van der Waals surface area (Å²) in [7, 11) is 0. The number of aryl methyl sites for hydroxylation is 1. The van der Waals surface area contributed by atoms with Gasteiger partial charge in [0, 0.05) is 13.1 Å². The number of likely N-dealkylation sites (tertiary alicyclic amines) is 1. The number of H-pyrrole nitrogens is 1. The van der Waals surface area contributed by atoms with Gasteiger partial charge in [0.25, 0.3) is 5.91 Å². The Morgan fingerprint density at radius 1 is 1.38 bits per heavy atom. The highest BCUT2D eigenvalue weighted by Crippen LogP contribution is 2.23. The van der Waals surface area contributed by atoms with E-state index in [-0.39, 0.29) is 24.2 Å². The number of hydrogen-bond acceptors (Lipinski definition) is 5. The smallest absolute Gasteiger partial charge is 0.328 e. The lowest BCUT2D eigenvalue weighted by atomic mass is 10.2. The number of nitrogens with one attached hydrogen (secondary N) is 1. The van der Waals surface area contributed by atoms with Gasteiger partial charge in [-0.1, -0.05) is 18.2 Å². The van der Waals surface area contributed by atoms with Crippen molar-refractivity contribution >= 4 is 17.1 Å². The summed E-state index contributed by atoms with van der Waals surface area (Å²) in [6.45, 7) is 2.98. The Labute approximate surface area is 149 Å². The fraction of sp³-hybridized carbons (Fsp3) is 0.333. The number of imidazole rings is 1. The largest absolute Gasteiger partial charge is 0.484 e. The van der Waals surface area contributed by atoms with Crippen molar-refractivity contribution in [3.63, 3.8) is 0 Å². The van der Waals surface area contributed by atoms with E-state index in [0.717, 1.165) is 5.56 Å². The second-order valence-electron chi connectivity index (χ2n) is 6.40. The minimum absolute atomic E-state index is 0.0114. The summed E-state index contributed by atoms with van der Waals surface area (Å²) in [4.78, 5) is 37.3. The zero-order valence-corrected chi connectivity index (χ0v) is 14.4. The van der Waals surface area contributed by atoms with E-state index in [4.69, 9.17) is 4.74 Å². The number of ether oxygens (including phenoxy) is 1. The van der Waals surface area contributed by atoms with Gasteiger partial charge in [-0.05, 0) is 25.0 Å². The fourth-order valence-electron chi connectivity index (χ4n) is 3.34. The van der Waals surface area contributed by atoms with Crippen LogP contribution < -0.4 is 10.4 Å². The SMILES string of the molecule is Cc1ccccc1OCC(=O)N1CC[C@@H](n2c(=O)[nH]c3cncnc32)C1. The van der Waals surface area contributed by atoms with Crippen LogP contribution in [0.3, 0.4) is 0 Å². The highest BCUT2D eigenvalue weighted by Gasteiger charge is 2.30. The van der Waals surface area contributed by atoms with Gasteiger partial charge in [0.15, 0.2) is 12.3 Å². The van der Waals surface area contributed by atoms with Crippen molar-refractivity contribution < 1.29 is 9.53 Å². The number of carbonyl (C=O) groups is 1. The first-order chi connectivity index (χ1) is 12.6. The van der Waals surface area contributed by atoms with Gasteiger partial charge in [-0.15, -0.1) is 0 Å². The third-order valence-corrected chi connectivity index (χ3v) is 4.71. The predicted octanol–water partition coefficient (Wildman–Crippen LogP) is 1.28. The number of amides is 1. The van der Waals surface area contributed by atoms with Gasteiger partial charge in [0.2, 0.25) is 0 Å². The van der Waals surface area contributed by atoms with Gasteiger partial charge in [-0.2, -0.15) is 0 Å². The molecular weight excluding hydrogens is 334 g/mol. The highest BCUT2D eigenvalue weighted by atomic mass is 16.5. The molecule has 26 heavy (non-hydrogen) atoms. The Balaban J connectivity index is 1.45. The van der Waals surface area contributed by atoms with E-state index in [2.05, 4.69) is 15.0 Å². The van der Waals surface area contributed by atoms with Gasteiger partial charge in [0.1, 0.15) is 17.6 Å². The minimum atomic E-state index is -0.226. The van der Waals surface area contributed by atoms with Crippen LogP contribution in [-0.2, 0) is 4.79 Å². The Kier molecular flexibility index (Phi) is 4.16. The molecule has 3 heterocycles. The number of aromatic nitrogens is 4. The molecule has 3 aromatic rings. The van der Waals surface area contributed by atoms with E-state index in [0.29, 0.717) is 36.4 Å². The number of benzene rings is 1. The lowest BCUT2D eigenvalue weighted by molar-refractivity contribution is -0.132. The number of nitrogens with zero attached hydrogens (tertiary/aromatic N) is 4. The van der Waals surface area contributed by atoms with Crippen LogP contribution in [-0.4, -0.2) is 50.0 Å². The van der Waals surface area contributed by atoms with Gasteiger partial charge in [-0.25, -0.2) is 14.8 Å². The number of carbonyl (C=O) groups excluding carboxylic acids is 1. The Hall–Kier alpha value is -3.16. The molecule has 1 atom stereocenters. The van der Waals surface area contributed by atoms with Crippen LogP contribution in [0.5, 0.6) is 5.75 Å². The van der Waals surface area contributed by atoms with Gasteiger partial charge in [0.05, 0.1) is 12.2 Å². The molecule has 1 aliphatic heterocycles. The molecule has 0 aliphatic carbocycles. The molecule has 1 aromatic carbocycles. The topological polar surface area (TPSA) is 93.1 Å². The third kappa shape index (κ3) is 2.94. The Bertz CT molecular complexity index is 1010. The van der Waals surface area contributed by atoms with E-state index in [1.807, 2.05) is 31.2 Å². The lowest BCUT2D eigenvalue weighted by Gasteiger charge is -2.17. The van der Waals surface area contributed by atoms with Crippen molar-refractivity contribution in [2.45, 2.75) is 19.4 Å². The molecule has 1 saturated heterocycles. The molecule has 2 aromatic heterocycles. The molecular formula is C18H19N5O3. The quantitative estimate of drug-likeness (QED) is 0.763. The summed E-state index contributed by atoms with van der Waals surface area (Å²) in [6, 6.07) is 7.49. The second-order valence-corrected chi connectivity index (χ2v) is 6.40. The molecule has 0 unspecified atom stereocenters. The minimum Gasteiger partial charge on any atom is -0.484 e. The van der Waals surface area contributed by atoms with E-state index < -0.39 is 0 Å². The number of fused-ring (bicyclic) bond motifs is 1. The normalized spacial score (nSPS) is 17.0. The summed E-state index contributed by atoms with van der Waals surface area (Å²) in [5, 5.41) is 0. The van der Waals surface area contributed by atoms with E-state index in [1.165, 1.54) is 6.33 Å². The van der Waals surface area contributed by atoms with Crippen LogP contribution in [0.25, 0.3) is 11.2 Å².